The van der Waals surface area contributed by atoms with Gasteiger partial charge in [0.15, 0.2) is 0 Å². The first kappa shape index (κ1) is 12.7. The lowest BCUT2D eigenvalue weighted by atomic mass is 10.2. The van der Waals surface area contributed by atoms with E-state index < -0.39 is 5.97 Å². The molecular formula is C12H19NO3. The highest BCUT2D eigenvalue weighted by molar-refractivity contribution is 5.90. The van der Waals surface area contributed by atoms with Gasteiger partial charge in [-0.2, -0.15) is 0 Å². The van der Waals surface area contributed by atoms with E-state index in [0.717, 1.165) is 24.8 Å². The Morgan fingerprint density at radius 3 is 2.50 bits per heavy atom. The minimum Gasteiger partial charge on any atom is -0.480 e. The van der Waals surface area contributed by atoms with E-state index in [-0.39, 0.29) is 12.5 Å². The predicted molar refractivity (Wildman–Crippen MR) is 61.0 cm³/mol. The summed E-state index contributed by atoms with van der Waals surface area (Å²) in [6.07, 6.45) is 4.68. The molecule has 0 radical (unpaired) electrons. The minimum atomic E-state index is -0.959. The maximum absolute atomic E-state index is 11.8. The van der Waals surface area contributed by atoms with Crippen molar-refractivity contribution in [3.8, 4) is 0 Å². The average molecular weight is 225 g/mol. The van der Waals surface area contributed by atoms with E-state index in [1.165, 1.54) is 4.90 Å². The molecule has 0 spiro atoms. The largest absolute Gasteiger partial charge is 0.480 e. The van der Waals surface area contributed by atoms with Gasteiger partial charge >= 0.3 is 5.97 Å². The van der Waals surface area contributed by atoms with E-state index >= 15 is 0 Å². The Balaban J connectivity index is 2.58. The van der Waals surface area contributed by atoms with Gasteiger partial charge in [0.25, 0.3) is 0 Å². The van der Waals surface area contributed by atoms with Gasteiger partial charge in [0.2, 0.25) is 5.91 Å². The second kappa shape index (κ2) is 5.68. The zero-order valence-electron chi connectivity index (χ0n) is 9.90. The number of nitrogens with zero attached hydrogens (tertiary/aromatic N) is 1. The van der Waals surface area contributed by atoms with Crippen LogP contribution in [0.5, 0.6) is 0 Å². The first-order valence-electron chi connectivity index (χ1n) is 5.73. The smallest absolute Gasteiger partial charge is 0.323 e. The van der Waals surface area contributed by atoms with Crippen LogP contribution in [0.15, 0.2) is 11.6 Å². The highest BCUT2D eigenvalue weighted by atomic mass is 16.4. The Labute approximate surface area is 95.9 Å². The third-order valence-electron chi connectivity index (χ3n) is 2.70. The molecule has 0 unspecified atom stereocenters. The highest BCUT2D eigenvalue weighted by Gasteiger charge is 2.24. The molecule has 1 saturated carbocycles. The number of hydrogen-bond donors (Lipinski definition) is 1. The Hall–Kier alpha value is -1.32. The average Bonchev–Trinajstić information content (AvgIpc) is 2.99. The van der Waals surface area contributed by atoms with Gasteiger partial charge in [0.05, 0.1) is 0 Å². The van der Waals surface area contributed by atoms with E-state index in [1.54, 1.807) is 6.08 Å². The third-order valence-corrected chi connectivity index (χ3v) is 2.70. The number of amides is 1. The van der Waals surface area contributed by atoms with Crippen LogP contribution in [0.4, 0.5) is 0 Å². The van der Waals surface area contributed by atoms with Crippen molar-refractivity contribution in [1.82, 2.24) is 4.90 Å². The quantitative estimate of drug-likeness (QED) is 0.699. The standard InChI is InChI=1S/C12H19NO3/c1-3-6-13(8-12(15)16)11(14)7-9(2)10-4-5-10/h7,10H,3-6,8H2,1-2H3,(H,15,16)/b9-7-. The summed E-state index contributed by atoms with van der Waals surface area (Å²) in [5, 5.41) is 8.70. The molecule has 0 aromatic heterocycles. The van der Waals surface area contributed by atoms with Gasteiger partial charge in [-0.1, -0.05) is 12.5 Å². The number of allylic oxidation sites excluding steroid dienone is 1. The number of aliphatic carboxylic acids is 1. The van der Waals surface area contributed by atoms with Gasteiger partial charge in [-0.25, -0.2) is 0 Å². The van der Waals surface area contributed by atoms with Crippen molar-refractivity contribution in [2.45, 2.75) is 33.1 Å². The predicted octanol–water partition coefficient (Wildman–Crippen LogP) is 1.67. The molecule has 1 amide bonds. The molecule has 0 saturated heterocycles. The number of carboxylic acid groups (broad SMARTS) is 1. The molecule has 1 aliphatic rings. The monoisotopic (exact) mass is 225 g/mol. The maximum atomic E-state index is 11.8. The van der Waals surface area contributed by atoms with E-state index in [4.69, 9.17) is 5.11 Å². The first-order chi connectivity index (χ1) is 7.54. The molecule has 1 aliphatic carbocycles. The molecule has 16 heavy (non-hydrogen) atoms. The fourth-order valence-electron chi connectivity index (χ4n) is 1.64. The van der Waals surface area contributed by atoms with Crippen LogP contribution < -0.4 is 0 Å². The van der Waals surface area contributed by atoms with Crippen LogP contribution >= 0.6 is 0 Å². The van der Waals surface area contributed by atoms with Crippen molar-refractivity contribution < 1.29 is 14.7 Å². The molecule has 0 aromatic rings. The summed E-state index contributed by atoms with van der Waals surface area (Å²) >= 11 is 0. The summed E-state index contributed by atoms with van der Waals surface area (Å²) in [6, 6.07) is 0. The van der Waals surface area contributed by atoms with E-state index in [0.29, 0.717) is 12.5 Å². The van der Waals surface area contributed by atoms with Crippen molar-refractivity contribution in [3.05, 3.63) is 11.6 Å². The van der Waals surface area contributed by atoms with Crippen molar-refractivity contribution in [3.63, 3.8) is 0 Å². The number of carbonyl (C=O) groups is 2. The fourth-order valence-corrected chi connectivity index (χ4v) is 1.64. The van der Waals surface area contributed by atoms with Crippen LogP contribution in [0.2, 0.25) is 0 Å². The topological polar surface area (TPSA) is 57.6 Å². The van der Waals surface area contributed by atoms with E-state index in [2.05, 4.69) is 0 Å². The second-order valence-electron chi connectivity index (χ2n) is 4.32. The molecule has 0 bridgehead atoms. The maximum Gasteiger partial charge on any atom is 0.323 e. The molecule has 0 atom stereocenters. The third kappa shape index (κ3) is 4.04. The molecule has 0 heterocycles. The molecule has 4 heteroatoms. The normalized spacial score (nSPS) is 16.0. The Bertz CT molecular complexity index is 305. The SMILES string of the molecule is CCCN(CC(=O)O)C(=O)/C=C(/C)C1CC1. The lowest BCUT2D eigenvalue weighted by Gasteiger charge is -2.18. The Kier molecular flexibility index (Phi) is 4.52. The Morgan fingerprint density at radius 2 is 2.06 bits per heavy atom. The van der Waals surface area contributed by atoms with Gasteiger partial charge in [0, 0.05) is 12.6 Å². The van der Waals surface area contributed by atoms with Crippen LogP contribution in [0.1, 0.15) is 33.1 Å². The molecule has 1 rings (SSSR count). The van der Waals surface area contributed by atoms with Crippen LogP contribution in [0.25, 0.3) is 0 Å². The fraction of sp³-hybridized carbons (Fsp3) is 0.667. The molecule has 1 fully saturated rings. The lowest BCUT2D eigenvalue weighted by molar-refractivity contribution is -0.142. The summed E-state index contributed by atoms with van der Waals surface area (Å²) in [7, 11) is 0. The summed E-state index contributed by atoms with van der Waals surface area (Å²) < 4.78 is 0. The van der Waals surface area contributed by atoms with Gasteiger partial charge in [0.1, 0.15) is 6.54 Å². The van der Waals surface area contributed by atoms with Gasteiger partial charge in [-0.15, -0.1) is 0 Å². The van der Waals surface area contributed by atoms with Crippen LogP contribution in [-0.4, -0.2) is 35.0 Å². The summed E-state index contributed by atoms with van der Waals surface area (Å²) in [6.45, 7) is 4.17. The van der Waals surface area contributed by atoms with Crippen molar-refractivity contribution in [2.24, 2.45) is 5.92 Å². The molecule has 0 aliphatic heterocycles. The van der Waals surface area contributed by atoms with Crippen molar-refractivity contribution in [1.29, 1.82) is 0 Å². The van der Waals surface area contributed by atoms with Crippen LogP contribution in [-0.2, 0) is 9.59 Å². The summed E-state index contributed by atoms with van der Waals surface area (Å²) in [4.78, 5) is 23.8. The Morgan fingerprint density at radius 1 is 1.44 bits per heavy atom. The molecule has 4 nitrogen and oxygen atoms in total. The van der Waals surface area contributed by atoms with Gasteiger partial charge < -0.3 is 10.0 Å². The second-order valence-corrected chi connectivity index (χ2v) is 4.32. The zero-order chi connectivity index (χ0) is 12.1. The minimum absolute atomic E-state index is 0.173. The number of carboxylic acids is 1. The molecule has 90 valence electrons. The summed E-state index contributed by atoms with van der Waals surface area (Å²) in [5.74, 6) is -0.579. The number of carbonyl (C=O) groups excluding carboxylic acids is 1. The van der Waals surface area contributed by atoms with Gasteiger partial charge in [-0.3, -0.25) is 9.59 Å². The first-order valence-corrected chi connectivity index (χ1v) is 5.73. The molecule has 0 aromatic carbocycles. The van der Waals surface area contributed by atoms with Crippen LogP contribution in [0.3, 0.4) is 0 Å². The summed E-state index contributed by atoms with van der Waals surface area (Å²) in [5.41, 5.74) is 1.08. The van der Waals surface area contributed by atoms with Crippen LogP contribution in [0, 0.1) is 5.92 Å². The lowest BCUT2D eigenvalue weighted by Crippen LogP contribution is -2.35. The van der Waals surface area contributed by atoms with E-state index in [9.17, 15) is 9.59 Å². The number of hydrogen-bond acceptors (Lipinski definition) is 2. The number of rotatable bonds is 6. The van der Waals surface area contributed by atoms with E-state index in [1.807, 2.05) is 13.8 Å². The van der Waals surface area contributed by atoms with Crippen molar-refractivity contribution in [2.75, 3.05) is 13.1 Å². The highest BCUT2D eigenvalue weighted by Crippen LogP contribution is 2.35. The molecule has 1 N–H and O–H groups in total. The van der Waals surface area contributed by atoms with Crippen molar-refractivity contribution >= 4 is 11.9 Å². The zero-order valence-corrected chi connectivity index (χ0v) is 9.90. The van der Waals surface area contributed by atoms with Gasteiger partial charge in [-0.05, 0) is 32.1 Å². The molecular weight excluding hydrogens is 206 g/mol.